The lowest BCUT2D eigenvalue weighted by Crippen LogP contribution is -2.27. The van der Waals surface area contributed by atoms with Gasteiger partial charge in [-0.3, -0.25) is 4.79 Å². The third-order valence-electron chi connectivity index (χ3n) is 4.68. The molecule has 1 heterocycles. The molecule has 0 unspecified atom stereocenters. The van der Waals surface area contributed by atoms with Gasteiger partial charge < -0.3 is 9.64 Å². The Balaban J connectivity index is 1.61. The number of benzene rings is 2. The minimum Gasteiger partial charge on any atom is -0.457 e. The normalized spacial score (nSPS) is 14.0. The number of ether oxygens (including phenoxy) is 1. The summed E-state index contributed by atoms with van der Waals surface area (Å²) in [7, 11) is -3.65. The number of carbonyl (C=O) groups is 2. The van der Waals surface area contributed by atoms with Gasteiger partial charge in [-0.05, 0) is 48.7 Å². The zero-order chi connectivity index (χ0) is 20.9. The van der Waals surface area contributed by atoms with Gasteiger partial charge in [0.25, 0.3) is 5.91 Å². The number of sulfonamides is 1. The van der Waals surface area contributed by atoms with Crippen molar-refractivity contribution in [3.8, 4) is 0 Å². The topological polar surface area (TPSA) is 92.8 Å². The van der Waals surface area contributed by atoms with Gasteiger partial charge in [0.05, 0.1) is 10.5 Å². The Morgan fingerprint density at radius 2 is 1.72 bits per heavy atom. The quantitative estimate of drug-likeness (QED) is 0.701. The fourth-order valence-electron chi connectivity index (χ4n) is 3.14. The highest BCUT2D eigenvalue weighted by molar-refractivity contribution is 7.89. The Hall–Kier alpha value is -2.71. The van der Waals surface area contributed by atoms with E-state index < -0.39 is 16.0 Å². The van der Waals surface area contributed by atoms with Crippen LogP contribution in [0, 0.1) is 0 Å². The van der Waals surface area contributed by atoms with Gasteiger partial charge in [-0.15, -0.1) is 0 Å². The minimum absolute atomic E-state index is 0.0126. The van der Waals surface area contributed by atoms with Crippen LogP contribution in [0.5, 0.6) is 0 Å². The van der Waals surface area contributed by atoms with E-state index in [2.05, 4.69) is 4.72 Å². The summed E-state index contributed by atoms with van der Waals surface area (Å²) in [5.74, 6) is -0.597. The molecule has 2 aromatic rings. The second kappa shape index (κ2) is 9.19. The lowest BCUT2D eigenvalue weighted by atomic mass is 10.1. The van der Waals surface area contributed by atoms with Gasteiger partial charge in [-0.1, -0.05) is 25.1 Å². The van der Waals surface area contributed by atoms with Crippen molar-refractivity contribution in [2.45, 2.75) is 31.3 Å². The summed E-state index contributed by atoms with van der Waals surface area (Å²) in [6.07, 6.45) is 2.08. The summed E-state index contributed by atoms with van der Waals surface area (Å²) in [5, 5.41) is 0. The van der Waals surface area contributed by atoms with Crippen LogP contribution in [0.1, 0.15) is 46.0 Å². The Kier molecular flexibility index (Phi) is 6.66. The molecule has 154 valence electrons. The summed E-state index contributed by atoms with van der Waals surface area (Å²) < 4.78 is 31.8. The van der Waals surface area contributed by atoms with Crippen LogP contribution in [0.2, 0.25) is 0 Å². The van der Waals surface area contributed by atoms with Gasteiger partial charge in [0.1, 0.15) is 6.61 Å². The number of esters is 1. The zero-order valence-electron chi connectivity index (χ0n) is 16.3. The van der Waals surface area contributed by atoms with Crippen LogP contribution < -0.4 is 4.72 Å². The van der Waals surface area contributed by atoms with E-state index in [1.807, 2.05) is 4.90 Å². The number of nitrogens with zero attached hydrogens (tertiary/aromatic N) is 1. The first-order chi connectivity index (χ1) is 13.9. The molecule has 0 aliphatic carbocycles. The van der Waals surface area contributed by atoms with E-state index in [9.17, 15) is 18.0 Å². The van der Waals surface area contributed by atoms with Crippen LogP contribution in [-0.4, -0.2) is 44.8 Å². The Labute approximate surface area is 170 Å². The number of carbonyl (C=O) groups excluding carboxylic acids is 2. The molecule has 1 amide bonds. The maximum Gasteiger partial charge on any atom is 0.338 e. The summed E-state index contributed by atoms with van der Waals surface area (Å²) in [5.41, 5.74) is 1.51. The van der Waals surface area contributed by atoms with Gasteiger partial charge in [0.15, 0.2) is 0 Å². The molecular formula is C21H24N2O5S. The van der Waals surface area contributed by atoms with E-state index in [-0.39, 0.29) is 29.5 Å². The lowest BCUT2D eigenvalue weighted by molar-refractivity contribution is 0.0472. The first kappa shape index (κ1) is 21.0. The molecule has 1 aliphatic heterocycles. The van der Waals surface area contributed by atoms with Crippen molar-refractivity contribution in [2.24, 2.45) is 0 Å². The van der Waals surface area contributed by atoms with Gasteiger partial charge >= 0.3 is 5.97 Å². The predicted octanol–water partition coefficient (Wildman–Crippen LogP) is 2.58. The summed E-state index contributed by atoms with van der Waals surface area (Å²) in [4.78, 5) is 26.5. The first-order valence-corrected chi connectivity index (χ1v) is 11.0. The third kappa shape index (κ3) is 5.21. The second-order valence-corrected chi connectivity index (χ2v) is 8.57. The van der Waals surface area contributed by atoms with Crippen molar-refractivity contribution in [3.05, 3.63) is 65.2 Å². The number of amides is 1. The van der Waals surface area contributed by atoms with Crippen molar-refractivity contribution in [1.82, 2.24) is 9.62 Å². The molecule has 8 heteroatoms. The molecule has 1 fully saturated rings. The summed E-state index contributed by atoms with van der Waals surface area (Å²) >= 11 is 0. The molecule has 29 heavy (non-hydrogen) atoms. The van der Waals surface area contributed by atoms with Crippen LogP contribution in [0.25, 0.3) is 0 Å². The predicted molar refractivity (Wildman–Crippen MR) is 108 cm³/mol. The fourth-order valence-corrected chi connectivity index (χ4v) is 4.23. The molecule has 3 rings (SSSR count). The monoisotopic (exact) mass is 416 g/mol. The molecule has 2 aromatic carbocycles. The number of nitrogens with one attached hydrogen (secondary N) is 1. The molecule has 0 saturated carbocycles. The molecule has 0 atom stereocenters. The molecular weight excluding hydrogens is 392 g/mol. The average Bonchev–Trinajstić information content (AvgIpc) is 3.27. The number of hydrogen-bond acceptors (Lipinski definition) is 5. The number of rotatable bonds is 7. The number of likely N-dealkylation sites (tertiary alicyclic amines) is 1. The maximum absolute atomic E-state index is 12.4. The average molecular weight is 416 g/mol. The van der Waals surface area contributed by atoms with E-state index in [0.717, 1.165) is 31.5 Å². The van der Waals surface area contributed by atoms with Crippen molar-refractivity contribution in [1.29, 1.82) is 0 Å². The maximum atomic E-state index is 12.4. The van der Waals surface area contributed by atoms with E-state index in [4.69, 9.17) is 4.74 Å². The SMILES string of the molecule is CCNS(=O)(=O)c1cccc(C(=O)OCc2ccc(C(=O)N3CCCC3)cc2)c1. The highest BCUT2D eigenvalue weighted by atomic mass is 32.2. The van der Waals surface area contributed by atoms with Gasteiger partial charge in [-0.25, -0.2) is 17.9 Å². The highest BCUT2D eigenvalue weighted by Crippen LogP contribution is 2.16. The fraction of sp³-hybridized carbons (Fsp3) is 0.333. The molecule has 0 bridgehead atoms. The van der Waals surface area contributed by atoms with Crippen molar-refractivity contribution in [2.75, 3.05) is 19.6 Å². The lowest BCUT2D eigenvalue weighted by Gasteiger charge is -2.15. The smallest absolute Gasteiger partial charge is 0.338 e. The van der Waals surface area contributed by atoms with Crippen molar-refractivity contribution >= 4 is 21.9 Å². The summed E-state index contributed by atoms with van der Waals surface area (Å²) in [6, 6.07) is 12.7. The minimum atomic E-state index is -3.65. The van der Waals surface area contributed by atoms with E-state index >= 15 is 0 Å². The highest BCUT2D eigenvalue weighted by Gasteiger charge is 2.19. The molecule has 0 spiro atoms. The first-order valence-electron chi connectivity index (χ1n) is 9.56. The Morgan fingerprint density at radius 1 is 1.03 bits per heavy atom. The largest absolute Gasteiger partial charge is 0.457 e. The number of hydrogen-bond donors (Lipinski definition) is 1. The molecule has 1 saturated heterocycles. The van der Waals surface area contributed by atoms with Crippen LogP contribution in [-0.2, 0) is 21.4 Å². The van der Waals surface area contributed by atoms with E-state index in [1.54, 1.807) is 31.2 Å². The summed E-state index contributed by atoms with van der Waals surface area (Å²) in [6.45, 7) is 3.55. The standard InChI is InChI=1S/C21H24N2O5S/c1-2-22-29(26,27)19-7-5-6-18(14-19)21(25)28-15-16-8-10-17(11-9-16)20(24)23-12-3-4-13-23/h5-11,14,22H,2-4,12-13,15H2,1H3. The molecule has 1 aliphatic rings. The van der Waals surface area contributed by atoms with Gasteiger partial charge in [0, 0.05) is 25.2 Å². The second-order valence-electron chi connectivity index (χ2n) is 6.80. The van der Waals surface area contributed by atoms with E-state index in [1.165, 1.54) is 24.3 Å². The molecule has 7 nitrogen and oxygen atoms in total. The van der Waals surface area contributed by atoms with Gasteiger partial charge in [0.2, 0.25) is 10.0 Å². The molecule has 0 aromatic heterocycles. The van der Waals surface area contributed by atoms with Crippen LogP contribution >= 0.6 is 0 Å². The van der Waals surface area contributed by atoms with E-state index in [0.29, 0.717) is 5.56 Å². The Morgan fingerprint density at radius 3 is 2.38 bits per heavy atom. The van der Waals surface area contributed by atoms with Crippen LogP contribution in [0.3, 0.4) is 0 Å². The van der Waals surface area contributed by atoms with Gasteiger partial charge in [-0.2, -0.15) is 0 Å². The van der Waals surface area contributed by atoms with Crippen LogP contribution in [0.4, 0.5) is 0 Å². The van der Waals surface area contributed by atoms with Crippen LogP contribution in [0.15, 0.2) is 53.4 Å². The van der Waals surface area contributed by atoms with Crippen molar-refractivity contribution in [3.63, 3.8) is 0 Å². The zero-order valence-corrected chi connectivity index (χ0v) is 17.1. The molecule has 1 N–H and O–H groups in total. The Bertz CT molecular complexity index is 980. The third-order valence-corrected chi connectivity index (χ3v) is 6.22. The van der Waals surface area contributed by atoms with Crippen molar-refractivity contribution < 1.29 is 22.7 Å². The molecule has 0 radical (unpaired) electrons.